The van der Waals surface area contributed by atoms with Gasteiger partial charge >= 0.3 is 0 Å². The van der Waals surface area contributed by atoms with E-state index in [1.165, 1.54) is 25.7 Å². The summed E-state index contributed by atoms with van der Waals surface area (Å²) in [4.78, 5) is 2.13. The molecule has 1 aliphatic heterocycles. The maximum absolute atomic E-state index is 8.90. The Bertz CT molecular complexity index is 1110. The Morgan fingerprint density at radius 1 is 0.605 bits per heavy atom. The van der Waals surface area contributed by atoms with E-state index in [1.807, 2.05) is 5.57 Å². The molecule has 0 N–H and O–H groups in total. The highest BCUT2D eigenvalue weighted by Gasteiger charge is 2.75. The summed E-state index contributed by atoms with van der Waals surface area (Å²) in [7, 11) is -13.5. The van der Waals surface area contributed by atoms with E-state index in [0.717, 1.165) is 29.6 Å². The molecule has 1 atom stereocenters. The average Bonchev–Trinajstić information content (AvgIpc) is 3.09. The first kappa shape index (κ1) is 37.0. The van der Waals surface area contributed by atoms with Crippen molar-refractivity contribution in [3.8, 4) is 0 Å². The van der Waals surface area contributed by atoms with Crippen molar-refractivity contribution >= 4 is 61.0 Å². The third-order valence-electron chi connectivity index (χ3n) is 14.4. The zero-order chi connectivity index (χ0) is 33.2. The molecule has 5 rings (SSSR count). The van der Waals surface area contributed by atoms with Crippen LogP contribution in [0.4, 0.5) is 0 Å². The lowest BCUT2D eigenvalue weighted by Gasteiger charge is -2.64. The van der Waals surface area contributed by atoms with Crippen molar-refractivity contribution in [3.63, 3.8) is 0 Å². The second kappa shape index (κ2) is 10.8. The molecular weight excluding hydrogens is 649 g/mol. The van der Waals surface area contributed by atoms with Gasteiger partial charge in [-0.15, -0.1) is 0 Å². The van der Waals surface area contributed by atoms with Crippen molar-refractivity contribution in [3.05, 3.63) is 22.2 Å². The molecule has 0 radical (unpaired) electrons. The van der Waals surface area contributed by atoms with Crippen LogP contribution in [-0.4, -0.2) is 66.2 Å². The summed E-state index contributed by atoms with van der Waals surface area (Å²) >= 11 is 0. The molecule has 9 heteroatoms. The summed E-state index contributed by atoms with van der Waals surface area (Å²) in [5, 5.41) is 0.0159. The summed E-state index contributed by atoms with van der Waals surface area (Å²) in [5.41, 5.74) is 4.81. The smallest absolute Gasteiger partial charge is 0.190 e. The molecule has 4 fully saturated rings. The van der Waals surface area contributed by atoms with E-state index in [9.17, 15) is 0 Å². The quantitative estimate of drug-likeness (QED) is 0.215. The van der Waals surface area contributed by atoms with Crippen LogP contribution in [0.5, 0.6) is 0 Å². The van der Waals surface area contributed by atoms with Crippen LogP contribution in [-0.2, 0) is 4.43 Å². The van der Waals surface area contributed by atoms with Crippen molar-refractivity contribution in [2.75, 3.05) is 0 Å². The molecule has 0 spiro atoms. The van der Waals surface area contributed by atoms with Gasteiger partial charge in [0, 0.05) is 15.2 Å². The van der Waals surface area contributed by atoms with E-state index in [0.29, 0.717) is 0 Å². The van der Waals surface area contributed by atoms with Crippen LogP contribution in [0, 0.1) is 29.6 Å². The normalized spacial score (nSPS) is 34.2. The van der Waals surface area contributed by atoms with Crippen molar-refractivity contribution in [1.29, 1.82) is 0 Å². The van der Waals surface area contributed by atoms with Gasteiger partial charge in [-0.2, -0.15) is 0 Å². The third kappa shape index (κ3) is 5.62. The fourth-order valence-electron chi connectivity index (χ4n) is 10.7. The van der Waals surface area contributed by atoms with Gasteiger partial charge in [-0.3, -0.25) is 0 Å². The van der Waals surface area contributed by atoms with Crippen LogP contribution in [0.25, 0.3) is 0 Å². The van der Waals surface area contributed by atoms with Gasteiger partial charge in [0.15, 0.2) is 7.35 Å². The summed E-state index contributed by atoms with van der Waals surface area (Å²) in [6, 6.07) is 0. The lowest BCUT2D eigenvalue weighted by Crippen LogP contribution is -2.80. The molecule has 0 aromatic rings. The summed E-state index contributed by atoms with van der Waals surface area (Å²) in [5.74, 6) is 4.61. The lowest BCUT2D eigenvalue weighted by atomic mass is 9.50. The van der Waals surface area contributed by atoms with Crippen LogP contribution in [0.1, 0.15) is 32.1 Å². The fraction of sp³-hybridized carbons (Fsp3) is 0.882. The molecule has 248 valence electrons. The van der Waals surface area contributed by atoms with E-state index < -0.39 is 61.0 Å². The van der Waals surface area contributed by atoms with E-state index in [2.05, 4.69) is 141 Å². The maximum Gasteiger partial charge on any atom is 0.190 e. The first-order chi connectivity index (χ1) is 19.0. The number of hydrogen-bond donors (Lipinski definition) is 0. The molecule has 1 unspecified atom stereocenters. The highest BCUT2D eigenvalue weighted by Crippen LogP contribution is 2.67. The van der Waals surface area contributed by atoms with Crippen LogP contribution in [0.2, 0.25) is 124 Å². The molecule has 1 nitrogen and oxygen atoms in total. The Labute approximate surface area is 277 Å². The summed E-state index contributed by atoms with van der Waals surface area (Å²) in [6.45, 7) is 52.3. The van der Waals surface area contributed by atoms with Gasteiger partial charge in [-0.1, -0.05) is 141 Å². The molecule has 0 aromatic heterocycles. The van der Waals surface area contributed by atoms with Crippen molar-refractivity contribution < 1.29 is 4.43 Å². The van der Waals surface area contributed by atoms with Gasteiger partial charge in [0.1, 0.15) is 0 Å². The molecule has 4 bridgehead atoms. The van der Waals surface area contributed by atoms with Crippen LogP contribution in [0.3, 0.4) is 0 Å². The van der Waals surface area contributed by atoms with E-state index in [1.54, 1.807) is 6.42 Å². The molecule has 5 aliphatic rings. The zero-order valence-corrected chi connectivity index (χ0v) is 40.5. The highest BCUT2D eigenvalue weighted by atomic mass is 29.7. The molecular formula is C34H74OSi8. The van der Waals surface area contributed by atoms with Crippen LogP contribution >= 0.6 is 0 Å². The largest absolute Gasteiger partial charge is 0.411 e. The van der Waals surface area contributed by atoms with Crippen molar-refractivity contribution in [2.24, 2.45) is 29.6 Å². The van der Waals surface area contributed by atoms with Gasteiger partial charge in [0.25, 0.3) is 0 Å². The Morgan fingerprint density at radius 3 is 1.35 bits per heavy atom. The van der Waals surface area contributed by atoms with Crippen LogP contribution in [0.15, 0.2) is 22.2 Å². The fourth-order valence-corrected chi connectivity index (χ4v) is 87.1. The molecule has 43 heavy (non-hydrogen) atoms. The minimum atomic E-state index is -2.23. The number of hydrogen-bond acceptors (Lipinski definition) is 1. The number of rotatable bonds is 9. The zero-order valence-electron chi connectivity index (χ0n) is 32.5. The third-order valence-corrected chi connectivity index (χ3v) is 91.0. The summed E-state index contributed by atoms with van der Waals surface area (Å²) in [6.07, 6.45) is 10.5. The van der Waals surface area contributed by atoms with E-state index >= 15 is 0 Å². The minimum Gasteiger partial charge on any atom is -0.411 e. The van der Waals surface area contributed by atoms with Gasteiger partial charge in [0.2, 0.25) is 0 Å². The van der Waals surface area contributed by atoms with Gasteiger partial charge in [-0.25, -0.2) is 0 Å². The van der Waals surface area contributed by atoms with E-state index in [4.69, 9.17) is 4.43 Å². The lowest BCUT2D eigenvalue weighted by molar-refractivity contribution is -0.0874. The predicted molar refractivity (Wildman–Crippen MR) is 218 cm³/mol. The van der Waals surface area contributed by atoms with Gasteiger partial charge < -0.3 is 4.43 Å². The Morgan fingerprint density at radius 2 is 1.02 bits per heavy atom. The SMILES string of the molecule is C[Si](C)(C)C1(C2C3CC4CC(C3)CC2C4)O[Si]([Si](C)(C)C)([Si](C)(C)C)C([Si](C)(C)[Si](C)(C)C)=C1/C=C/[Si](C)(C)[Si](C)(C)C. The summed E-state index contributed by atoms with van der Waals surface area (Å²) < 4.78 is 8.90. The highest BCUT2D eigenvalue weighted by molar-refractivity contribution is 7.73. The molecule has 0 amide bonds. The topological polar surface area (TPSA) is 9.23 Å². The van der Waals surface area contributed by atoms with Gasteiger partial charge in [0.05, 0.1) is 43.7 Å². The average molecular weight is 724 g/mol. The standard InChI is InChI=1S/C34H74OSi8/c1-36(2,3)34(32-29-23-27-22-28(25-29)26-30(32)24-27)31(20-21-41(16,17)37(4,5)6)33(42(18,19)38(7,8)9)43(35-34,39(10,11)12)40(13,14)15/h20-21,27-30,32H,22-26H2,1-19H3/b21-20+. The molecule has 4 saturated carbocycles. The van der Waals surface area contributed by atoms with E-state index in [-0.39, 0.29) is 5.22 Å². The van der Waals surface area contributed by atoms with Crippen molar-refractivity contribution in [2.45, 2.75) is 162 Å². The second-order valence-corrected chi connectivity index (χ2v) is 86.9. The maximum atomic E-state index is 8.90. The molecule has 0 aromatic carbocycles. The van der Waals surface area contributed by atoms with Crippen molar-refractivity contribution in [1.82, 2.24) is 0 Å². The molecule has 0 saturated heterocycles. The molecule has 4 aliphatic carbocycles. The second-order valence-electron chi connectivity index (χ2n) is 22.2. The first-order valence-corrected chi connectivity index (χ1v) is 47.6. The Kier molecular flexibility index (Phi) is 9.33. The minimum absolute atomic E-state index is 0.0159. The Balaban J connectivity index is 2.22. The monoisotopic (exact) mass is 722 g/mol. The Hall–Kier alpha value is 1.18. The predicted octanol–water partition coefficient (Wildman–Crippen LogP) is 11.2. The van der Waals surface area contributed by atoms with Gasteiger partial charge in [-0.05, 0) is 67.3 Å². The molecule has 1 heterocycles. The first-order valence-electron chi connectivity index (χ1n) is 18.1. The van der Waals surface area contributed by atoms with Crippen LogP contribution < -0.4 is 0 Å².